The third-order valence-corrected chi connectivity index (χ3v) is 3.73. The highest BCUT2D eigenvalue weighted by Gasteiger charge is 2.18. The molecule has 0 saturated carbocycles. The predicted octanol–water partition coefficient (Wildman–Crippen LogP) is 2.31. The Kier molecular flexibility index (Phi) is 5.35. The largest absolute Gasteiger partial charge is 0.367 e. The fourth-order valence-electron chi connectivity index (χ4n) is 2.40. The SMILES string of the molecule is CCN1CCN(c2ccc(NC=C(C#N)C#N)cc2F)CC1. The number of benzene rings is 1. The first-order valence-electron chi connectivity index (χ1n) is 7.21. The van der Waals surface area contributed by atoms with Gasteiger partial charge in [-0.1, -0.05) is 6.92 Å². The number of allylic oxidation sites excluding steroid dienone is 1. The number of nitrogens with one attached hydrogen (secondary N) is 1. The van der Waals surface area contributed by atoms with Crippen LogP contribution in [0.3, 0.4) is 0 Å². The van der Waals surface area contributed by atoms with E-state index in [1.165, 1.54) is 12.3 Å². The van der Waals surface area contributed by atoms with Crippen LogP contribution in [-0.2, 0) is 0 Å². The second kappa shape index (κ2) is 7.44. The quantitative estimate of drug-likeness (QED) is 0.864. The highest BCUT2D eigenvalue weighted by molar-refractivity contribution is 5.58. The zero-order chi connectivity index (χ0) is 15.9. The molecule has 0 unspecified atom stereocenters. The lowest BCUT2D eigenvalue weighted by Gasteiger charge is -2.35. The molecule has 1 aromatic carbocycles. The van der Waals surface area contributed by atoms with Gasteiger partial charge in [-0.25, -0.2) is 4.39 Å². The smallest absolute Gasteiger partial charge is 0.148 e. The number of halogens is 1. The lowest BCUT2D eigenvalue weighted by molar-refractivity contribution is 0.270. The van der Waals surface area contributed by atoms with Crippen molar-refractivity contribution in [2.45, 2.75) is 6.92 Å². The highest BCUT2D eigenvalue weighted by Crippen LogP contribution is 2.24. The summed E-state index contributed by atoms with van der Waals surface area (Å²) in [5.74, 6) is -0.307. The topological polar surface area (TPSA) is 66.1 Å². The van der Waals surface area contributed by atoms with Gasteiger partial charge in [0.25, 0.3) is 0 Å². The molecule has 0 radical (unpaired) electrons. The normalized spacial score (nSPS) is 14.8. The molecular weight excluding hydrogens is 281 g/mol. The fraction of sp³-hybridized carbons (Fsp3) is 0.375. The van der Waals surface area contributed by atoms with Crippen molar-refractivity contribution in [3.05, 3.63) is 35.8 Å². The molecule has 0 amide bonds. The van der Waals surface area contributed by atoms with Gasteiger partial charge in [0.15, 0.2) is 0 Å². The van der Waals surface area contributed by atoms with Crippen LogP contribution in [0.2, 0.25) is 0 Å². The molecule has 0 bridgehead atoms. The molecule has 5 nitrogen and oxygen atoms in total. The van der Waals surface area contributed by atoms with Crippen molar-refractivity contribution >= 4 is 11.4 Å². The average molecular weight is 299 g/mol. The van der Waals surface area contributed by atoms with Gasteiger partial charge in [0, 0.05) is 38.1 Å². The summed E-state index contributed by atoms with van der Waals surface area (Å²) in [5, 5.41) is 20.1. The molecule has 1 saturated heterocycles. The molecule has 6 heteroatoms. The minimum absolute atomic E-state index is 0.0554. The van der Waals surface area contributed by atoms with Gasteiger partial charge < -0.3 is 15.1 Å². The summed E-state index contributed by atoms with van der Waals surface area (Å²) < 4.78 is 14.3. The van der Waals surface area contributed by atoms with Crippen LogP contribution in [0, 0.1) is 28.5 Å². The summed E-state index contributed by atoms with van der Waals surface area (Å²) in [4.78, 5) is 4.37. The van der Waals surface area contributed by atoms with E-state index in [1.54, 1.807) is 24.3 Å². The summed E-state index contributed by atoms with van der Waals surface area (Å²) in [7, 11) is 0. The summed E-state index contributed by atoms with van der Waals surface area (Å²) in [6.45, 7) is 6.64. The Balaban J connectivity index is 2.06. The van der Waals surface area contributed by atoms with Gasteiger partial charge in [-0.2, -0.15) is 10.5 Å². The van der Waals surface area contributed by atoms with Crippen molar-refractivity contribution in [2.75, 3.05) is 42.9 Å². The molecule has 0 aliphatic carbocycles. The van der Waals surface area contributed by atoms with Crippen LogP contribution in [0.25, 0.3) is 0 Å². The standard InChI is InChI=1S/C16H18FN5/c1-2-21-5-7-22(8-6-21)16-4-3-14(9-15(16)17)20-12-13(10-18)11-19/h3-4,9,12,20H,2,5-8H2,1H3. The number of rotatable bonds is 4. The molecule has 1 aliphatic rings. The second-order valence-electron chi connectivity index (χ2n) is 5.01. The van der Waals surface area contributed by atoms with E-state index in [2.05, 4.69) is 17.1 Å². The van der Waals surface area contributed by atoms with Gasteiger partial charge in [-0.15, -0.1) is 0 Å². The van der Waals surface area contributed by atoms with Crippen LogP contribution in [0.1, 0.15) is 6.92 Å². The Morgan fingerprint density at radius 3 is 2.50 bits per heavy atom. The van der Waals surface area contributed by atoms with Gasteiger partial charge in [0.05, 0.1) is 5.69 Å². The van der Waals surface area contributed by atoms with Gasteiger partial charge in [-0.05, 0) is 24.7 Å². The van der Waals surface area contributed by atoms with E-state index in [9.17, 15) is 4.39 Å². The summed E-state index contributed by atoms with van der Waals surface area (Å²) in [6, 6.07) is 8.33. The maximum atomic E-state index is 14.3. The monoisotopic (exact) mass is 299 g/mol. The summed E-state index contributed by atoms with van der Waals surface area (Å²) in [5.41, 5.74) is 1.04. The molecule has 1 fully saturated rings. The lowest BCUT2D eigenvalue weighted by atomic mass is 10.2. The van der Waals surface area contributed by atoms with Gasteiger partial charge in [-0.3, -0.25) is 0 Å². The van der Waals surface area contributed by atoms with Crippen LogP contribution in [-0.4, -0.2) is 37.6 Å². The molecule has 1 aromatic rings. The van der Waals surface area contributed by atoms with E-state index in [0.29, 0.717) is 11.4 Å². The first-order chi connectivity index (χ1) is 10.7. The second-order valence-corrected chi connectivity index (χ2v) is 5.01. The summed E-state index contributed by atoms with van der Waals surface area (Å²) in [6.07, 6.45) is 1.27. The number of nitrogens with zero attached hydrogens (tertiary/aromatic N) is 4. The van der Waals surface area contributed by atoms with Crippen molar-refractivity contribution in [1.29, 1.82) is 10.5 Å². The fourth-order valence-corrected chi connectivity index (χ4v) is 2.40. The predicted molar refractivity (Wildman–Crippen MR) is 83.7 cm³/mol. The minimum atomic E-state index is -0.307. The van der Waals surface area contributed by atoms with E-state index in [1.807, 2.05) is 4.90 Å². The zero-order valence-corrected chi connectivity index (χ0v) is 12.5. The van der Waals surface area contributed by atoms with E-state index in [-0.39, 0.29) is 11.4 Å². The Bertz CT molecular complexity index is 617. The Labute approximate surface area is 129 Å². The number of anilines is 2. The van der Waals surface area contributed by atoms with Crippen molar-refractivity contribution in [1.82, 2.24) is 4.90 Å². The molecule has 114 valence electrons. The molecule has 2 rings (SSSR count). The molecule has 1 N–H and O–H groups in total. The Hall–Kier alpha value is -2.57. The molecule has 0 aromatic heterocycles. The highest BCUT2D eigenvalue weighted by atomic mass is 19.1. The van der Waals surface area contributed by atoms with E-state index in [0.717, 1.165) is 32.7 Å². The number of piperazine rings is 1. The maximum Gasteiger partial charge on any atom is 0.148 e. The molecule has 1 heterocycles. The molecule has 0 atom stereocenters. The van der Waals surface area contributed by atoms with E-state index in [4.69, 9.17) is 10.5 Å². The molecule has 0 spiro atoms. The molecule has 22 heavy (non-hydrogen) atoms. The Morgan fingerprint density at radius 1 is 1.27 bits per heavy atom. The van der Waals surface area contributed by atoms with Crippen LogP contribution in [0.4, 0.5) is 15.8 Å². The molecule has 1 aliphatic heterocycles. The molecular formula is C16H18FN5. The lowest BCUT2D eigenvalue weighted by Crippen LogP contribution is -2.46. The van der Waals surface area contributed by atoms with Crippen LogP contribution >= 0.6 is 0 Å². The van der Waals surface area contributed by atoms with Gasteiger partial charge in [0.2, 0.25) is 0 Å². The van der Waals surface area contributed by atoms with Crippen LogP contribution in [0.15, 0.2) is 30.0 Å². The van der Waals surface area contributed by atoms with Crippen molar-refractivity contribution < 1.29 is 4.39 Å². The van der Waals surface area contributed by atoms with E-state index < -0.39 is 0 Å². The van der Waals surface area contributed by atoms with Gasteiger partial charge >= 0.3 is 0 Å². The third-order valence-electron chi connectivity index (χ3n) is 3.73. The Morgan fingerprint density at radius 2 is 1.95 bits per heavy atom. The number of hydrogen-bond acceptors (Lipinski definition) is 5. The van der Waals surface area contributed by atoms with Crippen molar-refractivity contribution in [2.24, 2.45) is 0 Å². The van der Waals surface area contributed by atoms with Crippen LogP contribution < -0.4 is 10.2 Å². The van der Waals surface area contributed by atoms with Gasteiger partial charge in [0.1, 0.15) is 23.5 Å². The maximum absolute atomic E-state index is 14.3. The van der Waals surface area contributed by atoms with Crippen molar-refractivity contribution in [3.8, 4) is 12.1 Å². The summed E-state index contributed by atoms with van der Waals surface area (Å²) >= 11 is 0. The zero-order valence-electron chi connectivity index (χ0n) is 12.5. The number of nitriles is 2. The van der Waals surface area contributed by atoms with Crippen LogP contribution in [0.5, 0.6) is 0 Å². The first kappa shape index (κ1) is 15.8. The minimum Gasteiger partial charge on any atom is -0.367 e. The number of hydrogen-bond donors (Lipinski definition) is 1. The number of likely N-dealkylation sites (N-methyl/N-ethyl adjacent to an activating group) is 1. The van der Waals surface area contributed by atoms with Crippen molar-refractivity contribution in [3.63, 3.8) is 0 Å². The average Bonchev–Trinajstić information content (AvgIpc) is 2.56. The van der Waals surface area contributed by atoms with E-state index >= 15 is 0 Å². The third kappa shape index (κ3) is 3.75. The first-order valence-corrected chi connectivity index (χ1v) is 7.21.